The molecule has 6 nitrogen and oxygen atoms in total. The van der Waals surface area contributed by atoms with Gasteiger partial charge in [0, 0.05) is 12.3 Å². The van der Waals surface area contributed by atoms with Gasteiger partial charge in [-0.15, -0.1) is 0 Å². The van der Waals surface area contributed by atoms with Gasteiger partial charge in [-0.3, -0.25) is 10.1 Å². The first-order valence-electron chi connectivity index (χ1n) is 6.63. The van der Waals surface area contributed by atoms with E-state index in [4.69, 9.17) is 0 Å². The largest absolute Gasteiger partial charge is 0.391 e. The molecule has 2 unspecified atom stereocenters. The number of nitrogens with zero attached hydrogens (tertiary/aromatic N) is 2. The number of pyridine rings is 1. The van der Waals surface area contributed by atoms with E-state index in [1.807, 2.05) is 0 Å². The van der Waals surface area contributed by atoms with Crippen molar-refractivity contribution in [3.63, 3.8) is 0 Å². The van der Waals surface area contributed by atoms with Gasteiger partial charge in [-0.25, -0.2) is 4.98 Å². The summed E-state index contributed by atoms with van der Waals surface area (Å²) in [5.74, 6) is 0.251. The van der Waals surface area contributed by atoms with Gasteiger partial charge in [-0.05, 0) is 25.3 Å². The first-order valence-corrected chi connectivity index (χ1v) is 6.63. The fourth-order valence-electron chi connectivity index (χ4n) is 2.44. The van der Waals surface area contributed by atoms with Crippen LogP contribution >= 0.6 is 0 Å². The maximum Gasteiger partial charge on any atom is 0.311 e. The highest BCUT2D eigenvalue weighted by atomic mass is 16.6. The lowest BCUT2D eigenvalue weighted by molar-refractivity contribution is -0.384. The van der Waals surface area contributed by atoms with Gasteiger partial charge >= 0.3 is 5.69 Å². The third-order valence-corrected chi connectivity index (χ3v) is 3.50. The Morgan fingerprint density at radius 3 is 2.89 bits per heavy atom. The topological polar surface area (TPSA) is 88.3 Å². The second kappa shape index (κ2) is 5.97. The van der Waals surface area contributed by atoms with Crippen molar-refractivity contribution in [3.8, 4) is 0 Å². The fourth-order valence-corrected chi connectivity index (χ4v) is 2.44. The second-order valence-electron chi connectivity index (χ2n) is 5.09. The second-order valence-corrected chi connectivity index (χ2v) is 5.09. The van der Waals surface area contributed by atoms with Gasteiger partial charge in [-0.1, -0.05) is 19.3 Å². The van der Waals surface area contributed by atoms with Crippen LogP contribution in [-0.4, -0.2) is 27.2 Å². The van der Waals surface area contributed by atoms with Gasteiger partial charge < -0.3 is 10.4 Å². The molecule has 104 valence electrons. The van der Waals surface area contributed by atoms with Crippen molar-refractivity contribution < 1.29 is 10.0 Å². The minimum atomic E-state index is -0.467. The van der Waals surface area contributed by atoms with Gasteiger partial charge in [0.2, 0.25) is 5.82 Å². The molecule has 1 fully saturated rings. The van der Waals surface area contributed by atoms with Crippen molar-refractivity contribution >= 4 is 11.5 Å². The molecule has 1 aromatic heterocycles. The Bertz CT molecular complexity index is 464. The van der Waals surface area contributed by atoms with E-state index in [1.54, 1.807) is 13.1 Å². The molecule has 1 aliphatic carbocycles. The first kappa shape index (κ1) is 13.7. The standard InChI is InChI=1S/C13H19N3O3/c1-9-7-11(16(18)19)13(14-8-9)15-10-5-3-2-4-6-12(10)17/h7-8,10,12,17H,2-6H2,1H3,(H,14,15). The van der Waals surface area contributed by atoms with Crippen LogP contribution in [-0.2, 0) is 0 Å². The summed E-state index contributed by atoms with van der Waals surface area (Å²) in [4.78, 5) is 14.7. The zero-order valence-electron chi connectivity index (χ0n) is 11.0. The van der Waals surface area contributed by atoms with Crippen molar-refractivity contribution in [2.45, 2.75) is 51.2 Å². The van der Waals surface area contributed by atoms with Crippen LogP contribution < -0.4 is 5.32 Å². The van der Waals surface area contributed by atoms with Crippen LogP contribution in [0.3, 0.4) is 0 Å². The van der Waals surface area contributed by atoms with Crippen molar-refractivity contribution in [3.05, 3.63) is 27.9 Å². The van der Waals surface area contributed by atoms with Crippen molar-refractivity contribution in [2.75, 3.05) is 5.32 Å². The number of rotatable bonds is 3. The Labute approximate surface area is 112 Å². The summed E-state index contributed by atoms with van der Waals surface area (Å²) in [7, 11) is 0. The highest BCUT2D eigenvalue weighted by Gasteiger charge is 2.25. The molecule has 0 bridgehead atoms. The van der Waals surface area contributed by atoms with Gasteiger partial charge in [0.1, 0.15) is 0 Å². The van der Waals surface area contributed by atoms with E-state index in [2.05, 4.69) is 10.3 Å². The number of aliphatic hydroxyl groups excluding tert-OH is 1. The van der Waals surface area contributed by atoms with E-state index in [1.165, 1.54) is 6.07 Å². The van der Waals surface area contributed by atoms with E-state index in [-0.39, 0.29) is 17.5 Å². The molecule has 1 aromatic rings. The van der Waals surface area contributed by atoms with Crippen LogP contribution in [0.1, 0.15) is 37.7 Å². The van der Waals surface area contributed by atoms with Crippen LogP contribution in [0, 0.1) is 17.0 Å². The number of nitro groups is 1. The molecule has 0 spiro atoms. The maximum absolute atomic E-state index is 11.0. The molecule has 1 saturated carbocycles. The third-order valence-electron chi connectivity index (χ3n) is 3.50. The molecule has 0 saturated heterocycles. The molecular formula is C13H19N3O3. The molecule has 0 aliphatic heterocycles. The Hall–Kier alpha value is -1.69. The van der Waals surface area contributed by atoms with Crippen LogP contribution in [0.2, 0.25) is 0 Å². The van der Waals surface area contributed by atoms with Crippen molar-refractivity contribution in [2.24, 2.45) is 0 Å². The Balaban J connectivity index is 2.19. The molecule has 6 heteroatoms. The SMILES string of the molecule is Cc1cnc(NC2CCCCCC2O)c([N+](=O)[O-])c1. The Morgan fingerprint density at radius 1 is 1.42 bits per heavy atom. The molecule has 1 aliphatic rings. The van der Waals surface area contributed by atoms with Crippen LogP contribution in [0.5, 0.6) is 0 Å². The highest BCUT2D eigenvalue weighted by molar-refractivity contribution is 5.57. The lowest BCUT2D eigenvalue weighted by Crippen LogP contribution is -2.33. The Morgan fingerprint density at radius 2 is 2.16 bits per heavy atom. The zero-order chi connectivity index (χ0) is 13.8. The number of hydrogen-bond donors (Lipinski definition) is 2. The molecule has 0 aromatic carbocycles. The van der Waals surface area contributed by atoms with Gasteiger partial charge in [0.15, 0.2) is 0 Å². The van der Waals surface area contributed by atoms with Gasteiger partial charge in [-0.2, -0.15) is 0 Å². The van der Waals surface area contributed by atoms with Gasteiger partial charge in [0.05, 0.1) is 17.1 Å². The Kier molecular flexibility index (Phi) is 4.31. The summed E-state index contributed by atoms with van der Waals surface area (Å²) in [5.41, 5.74) is 0.718. The molecule has 0 radical (unpaired) electrons. The number of aromatic nitrogens is 1. The monoisotopic (exact) mass is 265 g/mol. The molecule has 0 amide bonds. The van der Waals surface area contributed by atoms with Crippen LogP contribution in [0.25, 0.3) is 0 Å². The predicted octanol–water partition coefficient (Wildman–Crippen LogP) is 2.40. The van der Waals surface area contributed by atoms with Crippen molar-refractivity contribution in [1.29, 1.82) is 0 Å². The summed E-state index contributed by atoms with van der Waals surface area (Å²) >= 11 is 0. The number of anilines is 1. The summed E-state index contributed by atoms with van der Waals surface area (Å²) in [5, 5.41) is 24.1. The third kappa shape index (κ3) is 3.41. The average molecular weight is 265 g/mol. The lowest BCUT2D eigenvalue weighted by atomic mass is 10.1. The molecule has 2 N–H and O–H groups in total. The number of hydrogen-bond acceptors (Lipinski definition) is 5. The van der Waals surface area contributed by atoms with Crippen molar-refractivity contribution in [1.82, 2.24) is 4.98 Å². The number of aliphatic hydroxyl groups is 1. The lowest BCUT2D eigenvalue weighted by Gasteiger charge is -2.22. The molecule has 19 heavy (non-hydrogen) atoms. The summed E-state index contributed by atoms with van der Waals surface area (Å²) in [6, 6.07) is 1.34. The summed E-state index contributed by atoms with van der Waals surface area (Å²) in [6.07, 6.45) is 5.80. The summed E-state index contributed by atoms with van der Waals surface area (Å²) < 4.78 is 0. The first-order chi connectivity index (χ1) is 9.08. The predicted molar refractivity (Wildman–Crippen MR) is 72.1 cm³/mol. The minimum absolute atomic E-state index is 0.0311. The quantitative estimate of drug-likeness (QED) is 0.497. The normalized spacial score (nSPS) is 23.7. The van der Waals surface area contributed by atoms with Gasteiger partial charge in [0.25, 0.3) is 0 Å². The smallest absolute Gasteiger partial charge is 0.311 e. The van der Waals surface area contributed by atoms with Crippen LogP contribution in [0.15, 0.2) is 12.3 Å². The molecular weight excluding hydrogens is 246 g/mol. The summed E-state index contributed by atoms with van der Waals surface area (Å²) in [6.45, 7) is 1.77. The fraction of sp³-hybridized carbons (Fsp3) is 0.615. The number of nitrogens with one attached hydrogen (secondary N) is 1. The average Bonchev–Trinajstić information content (AvgIpc) is 2.57. The molecule has 2 atom stereocenters. The molecule has 1 heterocycles. The molecule has 2 rings (SSSR count). The highest BCUT2D eigenvalue weighted by Crippen LogP contribution is 2.26. The number of aryl methyl sites for hydroxylation is 1. The van der Waals surface area contributed by atoms with E-state index in [0.717, 1.165) is 37.7 Å². The minimum Gasteiger partial charge on any atom is -0.391 e. The van der Waals surface area contributed by atoms with E-state index in [9.17, 15) is 15.2 Å². The zero-order valence-corrected chi connectivity index (χ0v) is 11.0. The maximum atomic E-state index is 11.0. The van der Waals surface area contributed by atoms with Crippen LogP contribution in [0.4, 0.5) is 11.5 Å². The van der Waals surface area contributed by atoms with E-state index < -0.39 is 11.0 Å². The van der Waals surface area contributed by atoms with E-state index >= 15 is 0 Å². The van der Waals surface area contributed by atoms with E-state index in [0.29, 0.717) is 0 Å².